The third-order valence-electron chi connectivity index (χ3n) is 4.55. The topological polar surface area (TPSA) is 38.4 Å². The Labute approximate surface area is 156 Å². The molecule has 0 aromatic heterocycles. The molecule has 0 saturated heterocycles. The Morgan fingerprint density at radius 3 is 1.62 bits per heavy atom. The Morgan fingerprint density at radius 1 is 0.731 bits per heavy atom. The van der Waals surface area contributed by atoms with Crippen molar-refractivity contribution in [3.8, 4) is 0 Å². The van der Waals surface area contributed by atoms with Crippen LogP contribution < -0.4 is 5.73 Å². The van der Waals surface area contributed by atoms with Crippen LogP contribution >= 0.6 is 0 Å². The smallest absolute Gasteiger partial charge is 0.126 e. The Hall–Kier alpha value is -2.87. The highest BCUT2D eigenvalue weighted by molar-refractivity contribution is 5.97. The van der Waals surface area contributed by atoms with Gasteiger partial charge in [0.15, 0.2) is 0 Å². The third kappa shape index (κ3) is 4.20. The maximum absolute atomic E-state index is 6.38. The lowest BCUT2D eigenvalue weighted by atomic mass is 9.86. The third-order valence-corrected chi connectivity index (χ3v) is 4.55. The number of aliphatic imine (C=N–C) groups is 1. The lowest BCUT2D eigenvalue weighted by Gasteiger charge is -2.19. The van der Waals surface area contributed by atoms with Gasteiger partial charge < -0.3 is 5.73 Å². The average molecular weight is 342 g/mol. The van der Waals surface area contributed by atoms with E-state index in [2.05, 4.69) is 69.3 Å². The molecule has 3 aromatic carbocycles. The van der Waals surface area contributed by atoms with Crippen molar-refractivity contribution in [2.75, 3.05) is 0 Å². The standard InChI is InChI=1S/C24H26N2/c1-24(2,3)21-16-14-20(15-17-21)23(25)26-22(18-10-6-4-7-11-18)19-12-8-5-9-13-19/h4-17,22H,1-3H3,(H2,25,26). The van der Waals surface area contributed by atoms with Gasteiger partial charge in [-0.25, -0.2) is 0 Å². The van der Waals surface area contributed by atoms with E-state index < -0.39 is 0 Å². The summed E-state index contributed by atoms with van der Waals surface area (Å²) in [6.45, 7) is 6.63. The van der Waals surface area contributed by atoms with Gasteiger partial charge in [0.25, 0.3) is 0 Å². The summed E-state index contributed by atoms with van der Waals surface area (Å²) in [5.41, 5.74) is 11.0. The van der Waals surface area contributed by atoms with Gasteiger partial charge in [-0.15, -0.1) is 0 Å². The number of hydrogen-bond acceptors (Lipinski definition) is 1. The number of benzene rings is 3. The van der Waals surface area contributed by atoms with Crippen LogP contribution in [0.25, 0.3) is 0 Å². The van der Waals surface area contributed by atoms with E-state index in [4.69, 9.17) is 10.7 Å². The summed E-state index contributed by atoms with van der Waals surface area (Å²) < 4.78 is 0. The van der Waals surface area contributed by atoms with Gasteiger partial charge in [-0.1, -0.05) is 106 Å². The number of amidine groups is 1. The SMILES string of the molecule is CC(C)(C)c1ccc(C(N)=NC(c2ccccc2)c2ccccc2)cc1. The minimum atomic E-state index is -0.111. The van der Waals surface area contributed by atoms with Gasteiger partial charge in [0.05, 0.1) is 0 Å². The Balaban J connectivity index is 1.97. The highest BCUT2D eigenvalue weighted by atomic mass is 14.9. The first-order valence-corrected chi connectivity index (χ1v) is 8.99. The van der Waals surface area contributed by atoms with E-state index in [9.17, 15) is 0 Å². The molecule has 0 heterocycles. The molecule has 0 atom stereocenters. The fourth-order valence-corrected chi connectivity index (χ4v) is 2.97. The fourth-order valence-electron chi connectivity index (χ4n) is 2.97. The number of rotatable bonds is 4. The molecule has 0 unspecified atom stereocenters. The van der Waals surface area contributed by atoms with Crippen LogP contribution in [0.5, 0.6) is 0 Å². The van der Waals surface area contributed by atoms with Gasteiger partial charge in [-0.3, -0.25) is 4.99 Å². The normalized spacial score (nSPS) is 12.4. The van der Waals surface area contributed by atoms with Crippen LogP contribution in [-0.4, -0.2) is 5.84 Å². The second kappa shape index (κ2) is 7.57. The van der Waals surface area contributed by atoms with Gasteiger partial charge >= 0.3 is 0 Å². The summed E-state index contributed by atoms with van der Waals surface area (Å²) in [4.78, 5) is 4.87. The first-order chi connectivity index (χ1) is 12.4. The van der Waals surface area contributed by atoms with Crippen molar-refractivity contribution < 1.29 is 0 Å². The van der Waals surface area contributed by atoms with Crippen molar-refractivity contribution in [3.05, 3.63) is 107 Å². The number of nitrogens with zero attached hydrogens (tertiary/aromatic N) is 1. The Kier molecular flexibility index (Phi) is 5.22. The maximum atomic E-state index is 6.38. The first-order valence-electron chi connectivity index (χ1n) is 8.99. The quantitative estimate of drug-likeness (QED) is 0.495. The second-order valence-corrected chi connectivity index (χ2v) is 7.57. The van der Waals surface area contributed by atoms with Gasteiger partial charge in [-0.2, -0.15) is 0 Å². The molecule has 26 heavy (non-hydrogen) atoms. The van der Waals surface area contributed by atoms with Gasteiger partial charge in [0, 0.05) is 5.56 Å². The molecule has 0 aliphatic carbocycles. The molecular formula is C24H26N2. The van der Waals surface area contributed by atoms with E-state index >= 15 is 0 Å². The summed E-state index contributed by atoms with van der Waals surface area (Å²) in [6, 6.07) is 28.8. The molecule has 2 nitrogen and oxygen atoms in total. The zero-order chi connectivity index (χ0) is 18.6. The number of hydrogen-bond donors (Lipinski definition) is 1. The van der Waals surface area contributed by atoms with Crippen LogP contribution in [0.3, 0.4) is 0 Å². The fraction of sp³-hybridized carbons (Fsp3) is 0.208. The largest absolute Gasteiger partial charge is 0.383 e. The van der Waals surface area contributed by atoms with Crippen molar-refractivity contribution in [2.24, 2.45) is 10.7 Å². The molecule has 0 bridgehead atoms. The molecule has 0 amide bonds. The first kappa shape index (κ1) is 17.9. The highest BCUT2D eigenvalue weighted by Gasteiger charge is 2.15. The molecule has 2 N–H and O–H groups in total. The maximum Gasteiger partial charge on any atom is 0.126 e. The van der Waals surface area contributed by atoms with Gasteiger partial charge in [0.2, 0.25) is 0 Å². The van der Waals surface area contributed by atoms with E-state index in [1.54, 1.807) is 0 Å². The van der Waals surface area contributed by atoms with Crippen molar-refractivity contribution in [1.29, 1.82) is 0 Å². The highest BCUT2D eigenvalue weighted by Crippen LogP contribution is 2.27. The van der Waals surface area contributed by atoms with Gasteiger partial charge in [0.1, 0.15) is 11.9 Å². The molecule has 3 rings (SSSR count). The van der Waals surface area contributed by atoms with Crippen molar-refractivity contribution in [2.45, 2.75) is 32.2 Å². The molecule has 0 aliphatic heterocycles. The minimum absolute atomic E-state index is 0.111. The average Bonchev–Trinajstić information content (AvgIpc) is 2.67. The summed E-state index contributed by atoms with van der Waals surface area (Å²) in [5.74, 6) is 0.558. The number of nitrogens with two attached hydrogens (primary N) is 1. The monoisotopic (exact) mass is 342 g/mol. The van der Waals surface area contributed by atoms with Crippen LogP contribution in [0, 0.1) is 0 Å². The summed E-state index contributed by atoms with van der Waals surface area (Å²) in [6.07, 6.45) is 0. The molecule has 3 aromatic rings. The lowest BCUT2D eigenvalue weighted by molar-refractivity contribution is 0.590. The van der Waals surface area contributed by atoms with E-state index in [0.29, 0.717) is 5.84 Å². The van der Waals surface area contributed by atoms with E-state index in [1.807, 2.05) is 36.4 Å². The van der Waals surface area contributed by atoms with Crippen LogP contribution in [-0.2, 0) is 5.41 Å². The van der Waals surface area contributed by atoms with Crippen molar-refractivity contribution in [1.82, 2.24) is 0 Å². The molecule has 2 heteroatoms. The van der Waals surface area contributed by atoms with Crippen LogP contribution in [0.2, 0.25) is 0 Å². The Bertz CT molecular complexity index is 818. The zero-order valence-corrected chi connectivity index (χ0v) is 15.7. The molecule has 0 spiro atoms. The van der Waals surface area contributed by atoms with Crippen molar-refractivity contribution in [3.63, 3.8) is 0 Å². The molecular weight excluding hydrogens is 316 g/mol. The second-order valence-electron chi connectivity index (χ2n) is 7.57. The molecule has 132 valence electrons. The van der Waals surface area contributed by atoms with Gasteiger partial charge in [-0.05, 0) is 22.1 Å². The lowest BCUT2D eigenvalue weighted by Crippen LogP contribution is -2.17. The molecule has 0 radical (unpaired) electrons. The van der Waals surface area contributed by atoms with E-state index in [0.717, 1.165) is 16.7 Å². The van der Waals surface area contributed by atoms with Crippen LogP contribution in [0.1, 0.15) is 49.1 Å². The summed E-state index contributed by atoms with van der Waals surface area (Å²) in [5, 5.41) is 0. The van der Waals surface area contributed by atoms with E-state index in [-0.39, 0.29) is 11.5 Å². The van der Waals surface area contributed by atoms with E-state index in [1.165, 1.54) is 5.56 Å². The minimum Gasteiger partial charge on any atom is -0.383 e. The summed E-state index contributed by atoms with van der Waals surface area (Å²) >= 11 is 0. The van der Waals surface area contributed by atoms with Crippen LogP contribution in [0.4, 0.5) is 0 Å². The zero-order valence-electron chi connectivity index (χ0n) is 15.7. The summed E-state index contributed by atoms with van der Waals surface area (Å²) in [7, 11) is 0. The van der Waals surface area contributed by atoms with Crippen LogP contribution in [0.15, 0.2) is 89.9 Å². The van der Waals surface area contributed by atoms with Crippen molar-refractivity contribution >= 4 is 5.84 Å². The predicted molar refractivity (Wildman–Crippen MR) is 111 cm³/mol. The molecule has 0 aliphatic rings. The Morgan fingerprint density at radius 2 is 1.19 bits per heavy atom. The molecule has 0 saturated carbocycles. The predicted octanol–water partition coefficient (Wildman–Crippen LogP) is 5.48. The molecule has 0 fully saturated rings.